The molecule has 1 unspecified atom stereocenters. The first-order valence-electron chi connectivity index (χ1n) is 7.27. The maximum atomic E-state index is 12.5. The number of hydrogen-bond acceptors (Lipinski definition) is 7. The van der Waals surface area contributed by atoms with Crippen molar-refractivity contribution in [1.82, 2.24) is 19.7 Å². The van der Waals surface area contributed by atoms with Crippen molar-refractivity contribution in [2.24, 2.45) is 0 Å². The van der Waals surface area contributed by atoms with Gasteiger partial charge in [-0.1, -0.05) is 0 Å². The second kappa shape index (κ2) is 6.37. The van der Waals surface area contributed by atoms with Crippen LogP contribution >= 0.6 is 22.7 Å². The summed E-state index contributed by atoms with van der Waals surface area (Å²) < 4.78 is 1.39. The van der Waals surface area contributed by atoms with Crippen LogP contribution in [0, 0.1) is 13.8 Å². The molecule has 0 aliphatic rings. The summed E-state index contributed by atoms with van der Waals surface area (Å²) >= 11 is 2.32. The molecule has 0 radical (unpaired) electrons. The highest BCUT2D eigenvalue weighted by molar-refractivity contribution is 7.15. The zero-order valence-electron chi connectivity index (χ0n) is 13.6. The number of carbonyl (C=O) groups excluding carboxylic acids is 1. The lowest BCUT2D eigenvalue weighted by Crippen LogP contribution is -2.33. The van der Waals surface area contributed by atoms with Crippen molar-refractivity contribution in [3.63, 3.8) is 0 Å². The second-order valence-electron chi connectivity index (χ2n) is 5.44. The number of carboxylic acid groups (broad SMARTS) is 1. The van der Waals surface area contributed by atoms with Crippen LogP contribution in [0.5, 0.6) is 0 Å². The van der Waals surface area contributed by atoms with Gasteiger partial charge in [0.15, 0.2) is 4.96 Å². The Kier molecular flexibility index (Phi) is 4.39. The van der Waals surface area contributed by atoms with E-state index in [9.17, 15) is 14.4 Å². The van der Waals surface area contributed by atoms with Crippen LogP contribution < -0.4 is 10.9 Å². The van der Waals surface area contributed by atoms with Gasteiger partial charge < -0.3 is 10.4 Å². The molecule has 3 aromatic heterocycles. The van der Waals surface area contributed by atoms with Gasteiger partial charge in [0.25, 0.3) is 11.5 Å². The normalized spacial score (nSPS) is 12.3. The van der Waals surface area contributed by atoms with Gasteiger partial charge in [0.05, 0.1) is 11.7 Å². The van der Waals surface area contributed by atoms with E-state index in [-0.39, 0.29) is 10.4 Å². The summed E-state index contributed by atoms with van der Waals surface area (Å²) in [4.78, 5) is 45.0. The molecule has 1 amide bonds. The van der Waals surface area contributed by atoms with E-state index in [4.69, 9.17) is 5.11 Å². The van der Waals surface area contributed by atoms with Crippen LogP contribution in [0.2, 0.25) is 0 Å². The van der Waals surface area contributed by atoms with Gasteiger partial charge in [-0.15, -0.1) is 22.7 Å². The minimum atomic E-state index is -1.05. The Morgan fingerprint density at radius 3 is 2.72 bits per heavy atom. The van der Waals surface area contributed by atoms with Gasteiger partial charge >= 0.3 is 5.97 Å². The first-order valence-corrected chi connectivity index (χ1v) is 8.96. The number of rotatable bonds is 4. The SMILES string of the molecule is Cc1nc(C(C)NC(=O)c2cnc3scc(C)n3c2=O)sc1C(=O)O. The first-order chi connectivity index (χ1) is 11.8. The van der Waals surface area contributed by atoms with Crippen LogP contribution in [0.25, 0.3) is 4.96 Å². The minimum absolute atomic E-state index is 0.0717. The largest absolute Gasteiger partial charge is 0.477 e. The van der Waals surface area contributed by atoms with E-state index >= 15 is 0 Å². The number of thiazole rings is 2. The molecule has 0 saturated heterocycles. The number of aryl methyl sites for hydroxylation is 2. The lowest BCUT2D eigenvalue weighted by atomic mass is 10.2. The average Bonchev–Trinajstić information content (AvgIpc) is 3.11. The molecule has 8 nitrogen and oxygen atoms in total. The van der Waals surface area contributed by atoms with E-state index in [1.165, 1.54) is 21.9 Å². The van der Waals surface area contributed by atoms with Crippen LogP contribution in [0.1, 0.15) is 49.4 Å². The summed E-state index contributed by atoms with van der Waals surface area (Å²) in [5.74, 6) is -1.63. The van der Waals surface area contributed by atoms with Gasteiger partial charge in [0.1, 0.15) is 15.4 Å². The molecule has 0 bridgehead atoms. The van der Waals surface area contributed by atoms with E-state index in [1.54, 1.807) is 26.2 Å². The molecular weight excluding hydrogens is 364 g/mol. The molecule has 10 heteroatoms. The molecule has 2 N–H and O–H groups in total. The van der Waals surface area contributed by atoms with Gasteiger partial charge in [-0.3, -0.25) is 14.0 Å². The van der Waals surface area contributed by atoms with E-state index in [1.807, 2.05) is 0 Å². The number of hydrogen-bond donors (Lipinski definition) is 2. The molecule has 3 heterocycles. The topological polar surface area (TPSA) is 114 Å². The smallest absolute Gasteiger partial charge is 0.347 e. The monoisotopic (exact) mass is 378 g/mol. The van der Waals surface area contributed by atoms with Crippen molar-refractivity contribution in [2.75, 3.05) is 0 Å². The number of aromatic nitrogens is 3. The fourth-order valence-electron chi connectivity index (χ4n) is 2.32. The van der Waals surface area contributed by atoms with Gasteiger partial charge in [-0.2, -0.15) is 0 Å². The number of nitrogens with one attached hydrogen (secondary N) is 1. The number of fused-ring (bicyclic) bond motifs is 1. The summed E-state index contributed by atoms with van der Waals surface area (Å²) in [6.45, 7) is 5.05. The van der Waals surface area contributed by atoms with E-state index in [0.29, 0.717) is 21.4 Å². The van der Waals surface area contributed by atoms with E-state index in [2.05, 4.69) is 15.3 Å². The third-order valence-corrected chi connectivity index (χ3v) is 5.87. The number of carboxylic acids is 1. The lowest BCUT2D eigenvalue weighted by molar-refractivity contribution is 0.0701. The van der Waals surface area contributed by atoms with Gasteiger partial charge in [0.2, 0.25) is 0 Å². The summed E-state index contributed by atoms with van der Waals surface area (Å²) in [7, 11) is 0. The molecular formula is C15H14N4O4S2. The summed E-state index contributed by atoms with van der Waals surface area (Å²) in [6, 6.07) is -0.534. The van der Waals surface area contributed by atoms with Crippen LogP contribution in [-0.2, 0) is 0 Å². The molecule has 1 atom stereocenters. The lowest BCUT2D eigenvalue weighted by Gasteiger charge is -2.11. The summed E-state index contributed by atoms with van der Waals surface area (Å²) in [5.41, 5.74) is 0.597. The molecule has 0 saturated carbocycles. The highest BCUT2D eigenvalue weighted by Crippen LogP contribution is 2.23. The highest BCUT2D eigenvalue weighted by Gasteiger charge is 2.21. The Labute approximate surface area is 149 Å². The van der Waals surface area contributed by atoms with Crippen LogP contribution in [0.4, 0.5) is 0 Å². The maximum Gasteiger partial charge on any atom is 0.347 e. The number of aromatic carboxylic acids is 1. The molecule has 0 aliphatic carbocycles. The molecule has 3 rings (SSSR count). The van der Waals surface area contributed by atoms with Crippen LogP contribution in [0.15, 0.2) is 16.4 Å². The van der Waals surface area contributed by atoms with Crippen molar-refractivity contribution in [3.8, 4) is 0 Å². The molecule has 0 aromatic carbocycles. The zero-order valence-corrected chi connectivity index (χ0v) is 15.2. The number of amides is 1. The summed E-state index contributed by atoms with van der Waals surface area (Å²) in [5, 5.41) is 14.0. The average molecular weight is 378 g/mol. The molecule has 130 valence electrons. The fraction of sp³-hybridized carbons (Fsp3) is 0.267. The predicted octanol–water partition coefficient (Wildman–Crippen LogP) is 2.02. The Morgan fingerprint density at radius 2 is 2.08 bits per heavy atom. The number of carbonyl (C=O) groups is 2. The van der Waals surface area contributed by atoms with E-state index in [0.717, 1.165) is 11.3 Å². The van der Waals surface area contributed by atoms with E-state index < -0.39 is 23.5 Å². The zero-order chi connectivity index (χ0) is 18.3. The molecule has 0 spiro atoms. The van der Waals surface area contributed by atoms with Crippen molar-refractivity contribution < 1.29 is 14.7 Å². The number of nitrogens with zero attached hydrogens (tertiary/aromatic N) is 3. The second-order valence-corrected chi connectivity index (χ2v) is 7.31. The molecule has 3 aromatic rings. The van der Waals surface area contributed by atoms with Crippen molar-refractivity contribution in [1.29, 1.82) is 0 Å². The molecule has 25 heavy (non-hydrogen) atoms. The Balaban J connectivity index is 1.88. The third-order valence-electron chi connectivity index (χ3n) is 3.59. The predicted molar refractivity (Wildman–Crippen MR) is 93.8 cm³/mol. The summed E-state index contributed by atoms with van der Waals surface area (Å²) in [6.07, 6.45) is 1.26. The quantitative estimate of drug-likeness (QED) is 0.718. The van der Waals surface area contributed by atoms with Crippen molar-refractivity contribution in [3.05, 3.63) is 48.8 Å². The van der Waals surface area contributed by atoms with Crippen LogP contribution in [0.3, 0.4) is 0 Å². The third kappa shape index (κ3) is 3.05. The van der Waals surface area contributed by atoms with Gasteiger partial charge in [-0.05, 0) is 20.8 Å². The highest BCUT2D eigenvalue weighted by atomic mass is 32.1. The molecule has 0 fully saturated rings. The Morgan fingerprint density at radius 1 is 1.36 bits per heavy atom. The Bertz CT molecular complexity index is 1050. The van der Waals surface area contributed by atoms with Crippen molar-refractivity contribution in [2.45, 2.75) is 26.8 Å². The maximum absolute atomic E-state index is 12.5. The first kappa shape index (κ1) is 17.2. The standard InChI is InChI=1S/C15H14N4O4S2/c1-6-5-24-15-16-4-9(13(21)19(6)15)11(20)17-8(3)12-18-7(2)10(25-12)14(22)23/h4-5,8H,1-3H3,(H,17,20)(H,22,23). The Hall–Kier alpha value is -2.59. The molecule has 0 aliphatic heterocycles. The van der Waals surface area contributed by atoms with Crippen molar-refractivity contribution >= 4 is 39.5 Å². The van der Waals surface area contributed by atoms with Gasteiger partial charge in [0, 0.05) is 17.3 Å². The fourth-order valence-corrected chi connectivity index (χ4v) is 4.05. The minimum Gasteiger partial charge on any atom is -0.477 e. The van der Waals surface area contributed by atoms with Crippen LogP contribution in [-0.4, -0.2) is 31.4 Å². The van der Waals surface area contributed by atoms with Gasteiger partial charge in [-0.25, -0.2) is 14.8 Å².